The molecule has 114 valence electrons. The van der Waals surface area contributed by atoms with E-state index in [9.17, 15) is 4.79 Å². The van der Waals surface area contributed by atoms with Gasteiger partial charge in [0.1, 0.15) is 6.33 Å². The molecule has 1 aromatic heterocycles. The van der Waals surface area contributed by atoms with Gasteiger partial charge in [-0.3, -0.25) is 4.79 Å². The first kappa shape index (κ1) is 13.2. The summed E-state index contributed by atoms with van der Waals surface area (Å²) < 4.78 is 1.60. The molecule has 2 fully saturated rings. The summed E-state index contributed by atoms with van der Waals surface area (Å²) in [7, 11) is 0. The first-order chi connectivity index (χ1) is 10.8. The van der Waals surface area contributed by atoms with Crippen molar-refractivity contribution in [3.8, 4) is 5.69 Å². The first-order valence-corrected chi connectivity index (χ1v) is 7.74. The number of hydrogen-bond acceptors (Lipinski definition) is 5. The summed E-state index contributed by atoms with van der Waals surface area (Å²) in [5.41, 5.74) is 2.79. The fourth-order valence-corrected chi connectivity index (χ4v) is 2.86. The van der Waals surface area contributed by atoms with Gasteiger partial charge in [-0.15, -0.1) is 5.10 Å². The molecule has 1 aromatic carbocycles. The van der Waals surface area contributed by atoms with Crippen molar-refractivity contribution in [2.75, 3.05) is 23.3 Å². The van der Waals surface area contributed by atoms with Crippen LogP contribution in [0.2, 0.25) is 0 Å². The van der Waals surface area contributed by atoms with Gasteiger partial charge in [-0.05, 0) is 54.3 Å². The van der Waals surface area contributed by atoms with Gasteiger partial charge in [-0.25, -0.2) is 4.68 Å². The van der Waals surface area contributed by atoms with Gasteiger partial charge >= 0.3 is 0 Å². The quantitative estimate of drug-likeness (QED) is 0.928. The Morgan fingerprint density at radius 3 is 2.73 bits per heavy atom. The van der Waals surface area contributed by atoms with E-state index in [1.165, 1.54) is 12.8 Å². The van der Waals surface area contributed by atoms with Crippen molar-refractivity contribution in [2.24, 2.45) is 5.92 Å². The van der Waals surface area contributed by atoms with Gasteiger partial charge in [0, 0.05) is 19.0 Å². The molecular formula is C15H18N6O. The fourth-order valence-electron chi connectivity index (χ4n) is 2.86. The van der Waals surface area contributed by atoms with Crippen LogP contribution < -0.4 is 10.2 Å². The Kier molecular flexibility index (Phi) is 3.25. The van der Waals surface area contributed by atoms with Crippen LogP contribution in [0.4, 0.5) is 11.4 Å². The van der Waals surface area contributed by atoms with Crippen molar-refractivity contribution in [1.82, 2.24) is 20.2 Å². The predicted octanol–water partition coefficient (Wildman–Crippen LogP) is 1.61. The minimum atomic E-state index is 0.120. The molecule has 1 saturated heterocycles. The summed E-state index contributed by atoms with van der Waals surface area (Å²) in [4.78, 5) is 14.5. The molecule has 1 amide bonds. The van der Waals surface area contributed by atoms with E-state index in [4.69, 9.17) is 0 Å². The average Bonchev–Trinajstić information content (AvgIpc) is 3.03. The summed E-state index contributed by atoms with van der Waals surface area (Å²) in [5, 5.41) is 14.3. The maximum absolute atomic E-state index is 12.2. The predicted molar refractivity (Wildman–Crippen MR) is 82.0 cm³/mol. The molecule has 22 heavy (non-hydrogen) atoms. The van der Waals surface area contributed by atoms with Gasteiger partial charge in [0.15, 0.2) is 0 Å². The molecule has 0 unspecified atom stereocenters. The van der Waals surface area contributed by atoms with E-state index in [2.05, 4.69) is 25.7 Å². The smallest absolute Gasteiger partial charge is 0.227 e. The number of hydrogen-bond donors (Lipinski definition) is 1. The second-order valence-corrected chi connectivity index (χ2v) is 5.91. The monoisotopic (exact) mass is 298 g/mol. The van der Waals surface area contributed by atoms with E-state index in [0.29, 0.717) is 0 Å². The molecule has 0 bridgehead atoms. The van der Waals surface area contributed by atoms with E-state index in [0.717, 1.165) is 43.0 Å². The molecule has 2 aliphatic rings. The zero-order valence-corrected chi connectivity index (χ0v) is 12.3. The Morgan fingerprint density at radius 1 is 1.23 bits per heavy atom. The highest BCUT2D eigenvalue weighted by Crippen LogP contribution is 2.34. The van der Waals surface area contributed by atoms with Crippen molar-refractivity contribution in [2.45, 2.75) is 25.7 Å². The summed E-state index contributed by atoms with van der Waals surface area (Å²) in [6.45, 7) is 2.08. The van der Waals surface area contributed by atoms with E-state index in [1.807, 2.05) is 18.2 Å². The van der Waals surface area contributed by atoms with Crippen LogP contribution in [0.1, 0.15) is 25.7 Å². The molecule has 0 spiro atoms. The average molecular weight is 298 g/mol. The lowest BCUT2D eigenvalue weighted by molar-refractivity contribution is -0.117. The van der Waals surface area contributed by atoms with Crippen molar-refractivity contribution in [1.29, 1.82) is 0 Å². The van der Waals surface area contributed by atoms with Crippen LogP contribution in [-0.4, -0.2) is 39.2 Å². The number of benzene rings is 1. The molecular weight excluding hydrogens is 280 g/mol. The number of carbonyl (C=O) groups excluding carboxylic acids is 1. The van der Waals surface area contributed by atoms with Gasteiger partial charge in [0.25, 0.3) is 0 Å². The fraction of sp³-hybridized carbons (Fsp3) is 0.467. The Hall–Kier alpha value is -2.44. The zero-order chi connectivity index (χ0) is 14.9. The van der Waals surface area contributed by atoms with Gasteiger partial charge in [-0.1, -0.05) is 0 Å². The zero-order valence-electron chi connectivity index (χ0n) is 12.3. The highest BCUT2D eigenvalue weighted by Gasteiger charge is 2.30. The number of nitrogens with one attached hydrogen (secondary N) is 1. The Balaban J connectivity index is 1.68. The molecule has 7 heteroatoms. The van der Waals surface area contributed by atoms with E-state index >= 15 is 0 Å². The van der Waals surface area contributed by atoms with Crippen LogP contribution in [-0.2, 0) is 4.79 Å². The van der Waals surface area contributed by atoms with Crippen molar-refractivity contribution < 1.29 is 4.79 Å². The summed E-state index contributed by atoms with van der Waals surface area (Å²) in [6.07, 6.45) is 5.95. The number of aromatic nitrogens is 4. The highest BCUT2D eigenvalue weighted by molar-refractivity contribution is 5.97. The van der Waals surface area contributed by atoms with E-state index in [-0.39, 0.29) is 11.8 Å². The topological polar surface area (TPSA) is 75.9 Å². The van der Waals surface area contributed by atoms with Crippen molar-refractivity contribution >= 4 is 17.3 Å². The summed E-state index contributed by atoms with van der Waals surface area (Å²) >= 11 is 0. The second kappa shape index (κ2) is 5.40. The third kappa shape index (κ3) is 2.54. The SMILES string of the molecule is O=C(Nc1cc(-n2cnnn2)ccc1N1CCCC1)C1CC1. The lowest BCUT2D eigenvalue weighted by Gasteiger charge is -2.22. The molecule has 0 atom stereocenters. The summed E-state index contributed by atoms with van der Waals surface area (Å²) in [6, 6.07) is 5.98. The van der Waals surface area contributed by atoms with Crippen LogP contribution in [0.5, 0.6) is 0 Å². The van der Waals surface area contributed by atoms with Crippen molar-refractivity contribution in [3.05, 3.63) is 24.5 Å². The van der Waals surface area contributed by atoms with Gasteiger partial charge in [0.05, 0.1) is 17.1 Å². The third-order valence-corrected chi connectivity index (χ3v) is 4.25. The lowest BCUT2D eigenvalue weighted by Crippen LogP contribution is -2.22. The van der Waals surface area contributed by atoms with Crippen LogP contribution in [0, 0.1) is 5.92 Å². The molecule has 0 radical (unpaired) electrons. The maximum atomic E-state index is 12.2. The lowest BCUT2D eigenvalue weighted by atomic mass is 10.2. The van der Waals surface area contributed by atoms with Crippen molar-refractivity contribution in [3.63, 3.8) is 0 Å². The Bertz CT molecular complexity index is 673. The minimum Gasteiger partial charge on any atom is -0.370 e. The molecule has 7 nitrogen and oxygen atoms in total. The van der Waals surface area contributed by atoms with Crippen LogP contribution in [0.25, 0.3) is 5.69 Å². The number of carbonyl (C=O) groups is 1. The second-order valence-electron chi connectivity index (χ2n) is 5.91. The van der Waals surface area contributed by atoms with Crippen LogP contribution in [0.15, 0.2) is 24.5 Å². The van der Waals surface area contributed by atoms with Crippen LogP contribution >= 0.6 is 0 Å². The molecule has 4 rings (SSSR count). The number of nitrogens with zero attached hydrogens (tertiary/aromatic N) is 5. The molecule has 1 aliphatic heterocycles. The van der Waals surface area contributed by atoms with E-state index < -0.39 is 0 Å². The normalized spacial score (nSPS) is 17.7. The molecule has 2 aromatic rings. The Labute approximate surface area is 128 Å². The first-order valence-electron chi connectivity index (χ1n) is 7.74. The summed E-state index contributed by atoms with van der Waals surface area (Å²) in [5.74, 6) is 0.303. The van der Waals surface area contributed by atoms with Gasteiger partial charge < -0.3 is 10.2 Å². The minimum absolute atomic E-state index is 0.120. The Morgan fingerprint density at radius 2 is 2.05 bits per heavy atom. The molecule has 1 N–H and O–H groups in total. The van der Waals surface area contributed by atoms with Crippen LogP contribution in [0.3, 0.4) is 0 Å². The largest absolute Gasteiger partial charge is 0.370 e. The maximum Gasteiger partial charge on any atom is 0.227 e. The van der Waals surface area contributed by atoms with E-state index in [1.54, 1.807) is 11.0 Å². The van der Waals surface area contributed by atoms with Gasteiger partial charge in [0.2, 0.25) is 5.91 Å². The third-order valence-electron chi connectivity index (χ3n) is 4.25. The molecule has 1 saturated carbocycles. The highest BCUT2D eigenvalue weighted by atomic mass is 16.2. The number of tetrazole rings is 1. The number of rotatable bonds is 4. The molecule has 1 aliphatic carbocycles. The number of anilines is 2. The number of amides is 1. The van der Waals surface area contributed by atoms with Gasteiger partial charge in [-0.2, -0.15) is 0 Å². The molecule has 2 heterocycles. The standard InChI is InChI=1S/C15H18N6O/c22-15(11-3-4-11)17-13-9-12(21-10-16-18-19-21)5-6-14(13)20-7-1-2-8-20/h5-6,9-11H,1-4,7-8H2,(H,17,22).